The second-order valence-electron chi connectivity index (χ2n) is 2.93. The van der Waals surface area contributed by atoms with E-state index in [-0.39, 0.29) is 0 Å². The molecule has 0 spiro atoms. The predicted octanol–water partition coefficient (Wildman–Crippen LogP) is 1.69. The van der Waals surface area contributed by atoms with Crippen LogP contribution in [0.5, 0.6) is 0 Å². The highest BCUT2D eigenvalue weighted by atomic mass is 35.5. The number of aromatic nitrogens is 2. The number of fused-ring (bicyclic) bond motifs is 1. The molecule has 0 bridgehead atoms. The van der Waals surface area contributed by atoms with E-state index in [4.69, 9.17) is 11.6 Å². The van der Waals surface area contributed by atoms with E-state index in [2.05, 4.69) is 4.98 Å². The van der Waals surface area contributed by atoms with E-state index >= 15 is 0 Å². The topological polar surface area (TPSA) is 34.9 Å². The molecule has 0 radical (unpaired) electrons. The molecular weight excluding hydrogens is 176 g/mol. The summed E-state index contributed by atoms with van der Waals surface area (Å²) in [6.07, 6.45) is 3.92. The second-order valence-corrected chi connectivity index (χ2v) is 3.29. The normalized spacial score (nSPS) is 15.8. The van der Waals surface area contributed by atoms with Gasteiger partial charge in [0.05, 0.1) is 0 Å². The van der Waals surface area contributed by atoms with Crippen molar-refractivity contribution in [1.82, 2.24) is 9.55 Å². The van der Waals surface area contributed by atoms with Crippen LogP contribution in [0.2, 0.25) is 5.15 Å². The van der Waals surface area contributed by atoms with Gasteiger partial charge in [0.2, 0.25) is 0 Å². The van der Waals surface area contributed by atoms with Gasteiger partial charge in [0, 0.05) is 13.0 Å². The number of carbonyl (C=O) groups excluding carboxylic acids is 1. The summed E-state index contributed by atoms with van der Waals surface area (Å²) in [6, 6.07) is 0. The third kappa shape index (κ3) is 1.05. The average Bonchev–Trinajstić information content (AvgIpc) is 2.44. The van der Waals surface area contributed by atoms with Crippen molar-refractivity contribution in [3.8, 4) is 0 Å². The van der Waals surface area contributed by atoms with E-state index in [0.29, 0.717) is 17.1 Å². The van der Waals surface area contributed by atoms with E-state index in [1.165, 1.54) is 0 Å². The van der Waals surface area contributed by atoms with Gasteiger partial charge in [0.25, 0.3) is 0 Å². The van der Waals surface area contributed by atoms with Gasteiger partial charge in [-0.25, -0.2) is 4.98 Å². The number of hydrogen-bond acceptors (Lipinski definition) is 2. The SMILES string of the molecule is O=Cc1nc2n(c1Cl)CCCC2. The van der Waals surface area contributed by atoms with Crippen molar-refractivity contribution >= 4 is 17.9 Å². The van der Waals surface area contributed by atoms with Crippen molar-refractivity contribution < 1.29 is 4.79 Å². The molecule has 1 aromatic rings. The number of imidazole rings is 1. The first kappa shape index (κ1) is 7.80. The van der Waals surface area contributed by atoms with E-state index in [0.717, 1.165) is 31.6 Å². The summed E-state index contributed by atoms with van der Waals surface area (Å²) in [6.45, 7) is 0.898. The van der Waals surface area contributed by atoms with Crippen LogP contribution in [-0.4, -0.2) is 15.8 Å². The van der Waals surface area contributed by atoms with Crippen molar-refractivity contribution in [1.29, 1.82) is 0 Å². The summed E-state index contributed by atoms with van der Waals surface area (Å²) in [7, 11) is 0. The Morgan fingerprint density at radius 3 is 3.00 bits per heavy atom. The van der Waals surface area contributed by atoms with Crippen molar-refractivity contribution in [2.75, 3.05) is 0 Å². The molecule has 0 N–H and O–H groups in total. The van der Waals surface area contributed by atoms with Crippen LogP contribution in [0, 0.1) is 0 Å². The molecule has 0 saturated heterocycles. The zero-order chi connectivity index (χ0) is 8.55. The minimum absolute atomic E-state index is 0.383. The Labute approximate surface area is 75.4 Å². The molecule has 0 aliphatic carbocycles. The molecule has 0 aromatic carbocycles. The van der Waals surface area contributed by atoms with Gasteiger partial charge in [0.1, 0.15) is 16.7 Å². The molecule has 0 atom stereocenters. The molecule has 0 unspecified atom stereocenters. The zero-order valence-corrected chi connectivity index (χ0v) is 7.34. The maximum Gasteiger partial charge on any atom is 0.171 e. The van der Waals surface area contributed by atoms with Gasteiger partial charge >= 0.3 is 0 Å². The van der Waals surface area contributed by atoms with Crippen molar-refractivity contribution in [3.05, 3.63) is 16.7 Å². The van der Waals surface area contributed by atoms with E-state index in [9.17, 15) is 4.79 Å². The monoisotopic (exact) mass is 184 g/mol. The molecule has 3 nitrogen and oxygen atoms in total. The van der Waals surface area contributed by atoms with Gasteiger partial charge in [-0.05, 0) is 12.8 Å². The molecule has 0 fully saturated rings. The quantitative estimate of drug-likeness (QED) is 0.623. The second kappa shape index (κ2) is 2.90. The first-order chi connectivity index (χ1) is 5.83. The number of rotatable bonds is 1. The van der Waals surface area contributed by atoms with Crippen LogP contribution in [0.25, 0.3) is 0 Å². The minimum Gasteiger partial charge on any atom is -0.318 e. The maximum atomic E-state index is 10.5. The Morgan fingerprint density at radius 2 is 2.33 bits per heavy atom. The number of halogens is 1. The summed E-state index contributed by atoms with van der Waals surface area (Å²) >= 11 is 5.91. The van der Waals surface area contributed by atoms with Gasteiger partial charge in [-0.3, -0.25) is 4.79 Å². The van der Waals surface area contributed by atoms with Gasteiger partial charge in [-0.1, -0.05) is 11.6 Å². The molecule has 64 valence electrons. The molecule has 0 amide bonds. The summed E-state index contributed by atoms with van der Waals surface area (Å²) in [5.41, 5.74) is 0.383. The molecule has 1 aliphatic rings. The highest BCUT2D eigenvalue weighted by Crippen LogP contribution is 2.22. The van der Waals surface area contributed by atoms with Gasteiger partial charge < -0.3 is 4.57 Å². The fourth-order valence-corrected chi connectivity index (χ4v) is 1.81. The van der Waals surface area contributed by atoms with Crippen molar-refractivity contribution in [2.45, 2.75) is 25.8 Å². The smallest absolute Gasteiger partial charge is 0.171 e. The Morgan fingerprint density at radius 1 is 1.50 bits per heavy atom. The molecule has 12 heavy (non-hydrogen) atoms. The Kier molecular flexibility index (Phi) is 1.89. The van der Waals surface area contributed by atoms with Crippen LogP contribution < -0.4 is 0 Å². The van der Waals surface area contributed by atoms with E-state index in [1.54, 1.807) is 0 Å². The standard InChI is InChI=1S/C8H9ClN2O/c9-8-6(5-12)10-7-3-1-2-4-11(7)8/h5H,1-4H2. The van der Waals surface area contributed by atoms with Crippen LogP contribution in [0.3, 0.4) is 0 Å². The maximum absolute atomic E-state index is 10.5. The van der Waals surface area contributed by atoms with Crippen molar-refractivity contribution in [3.63, 3.8) is 0 Å². The van der Waals surface area contributed by atoms with Gasteiger partial charge in [-0.2, -0.15) is 0 Å². The van der Waals surface area contributed by atoms with Crippen LogP contribution in [0.4, 0.5) is 0 Å². The number of nitrogens with zero attached hydrogens (tertiary/aromatic N) is 2. The average molecular weight is 185 g/mol. The van der Waals surface area contributed by atoms with E-state index < -0.39 is 0 Å². The van der Waals surface area contributed by atoms with Gasteiger partial charge in [0.15, 0.2) is 6.29 Å². The Balaban J connectivity index is 2.51. The summed E-state index contributed by atoms with van der Waals surface area (Å²) < 4.78 is 1.93. The summed E-state index contributed by atoms with van der Waals surface area (Å²) in [5, 5.41) is 0.500. The van der Waals surface area contributed by atoms with Crippen LogP contribution in [0.15, 0.2) is 0 Å². The number of carbonyl (C=O) groups is 1. The van der Waals surface area contributed by atoms with Crippen LogP contribution in [0.1, 0.15) is 29.2 Å². The summed E-state index contributed by atoms with van der Waals surface area (Å²) in [4.78, 5) is 14.6. The third-order valence-electron chi connectivity index (χ3n) is 2.15. The lowest BCUT2D eigenvalue weighted by Crippen LogP contribution is -2.10. The highest BCUT2D eigenvalue weighted by Gasteiger charge is 2.17. The molecule has 2 rings (SSSR count). The van der Waals surface area contributed by atoms with Crippen LogP contribution in [-0.2, 0) is 13.0 Å². The predicted molar refractivity (Wildman–Crippen MR) is 45.6 cm³/mol. The van der Waals surface area contributed by atoms with Crippen LogP contribution >= 0.6 is 11.6 Å². The number of aldehydes is 1. The molecular formula is C8H9ClN2O. The lowest BCUT2D eigenvalue weighted by molar-refractivity contribution is 0.111. The lowest BCUT2D eigenvalue weighted by atomic mass is 10.2. The molecule has 4 heteroatoms. The lowest BCUT2D eigenvalue weighted by Gasteiger charge is -2.13. The fraction of sp³-hybridized carbons (Fsp3) is 0.500. The molecule has 1 aromatic heterocycles. The molecule has 1 aliphatic heterocycles. The zero-order valence-electron chi connectivity index (χ0n) is 6.59. The number of aryl methyl sites for hydroxylation is 1. The number of hydrogen-bond donors (Lipinski definition) is 0. The largest absolute Gasteiger partial charge is 0.318 e. The molecule has 2 heterocycles. The van der Waals surface area contributed by atoms with E-state index in [1.807, 2.05) is 4.57 Å². The first-order valence-corrected chi connectivity index (χ1v) is 4.41. The fourth-order valence-electron chi connectivity index (χ4n) is 1.54. The van der Waals surface area contributed by atoms with Crippen molar-refractivity contribution in [2.24, 2.45) is 0 Å². The highest BCUT2D eigenvalue weighted by molar-refractivity contribution is 6.31. The van der Waals surface area contributed by atoms with Gasteiger partial charge in [-0.15, -0.1) is 0 Å². The first-order valence-electron chi connectivity index (χ1n) is 4.03. The molecule has 0 saturated carbocycles. The third-order valence-corrected chi connectivity index (χ3v) is 2.55. The summed E-state index contributed by atoms with van der Waals surface area (Å²) in [5.74, 6) is 0.952. The Bertz CT molecular complexity index is 319. The minimum atomic E-state index is 0.383. The Hall–Kier alpha value is -0.830.